The van der Waals surface area contributed by atoms with Crippen molar-refractivity contribution >= 4 is 11.9 Å². The molecule has 5 heteroatoms. The molecule has 0 heterocycles. The minimum Gasteiger partial charge on any atom is -0.481 e. The van der Waals surface area contributed by atoms with E-state index in [1.807, 2.05) is 30.3 Å². The van der Waals surface area contributed by atoms with Crippen molar-refractivity contribution in [1.29, 1.82) is 0 Å². The quantitative estimate of drug-likeness (QED) is 0.565. The highest BCUT2D eigenvalue weighted by Crippen LogP contribution is 2.15. The van der Waals surface area contributed by atoms with Gasteiger partial charge < -0.3 is 14.9 Å². The third-order valence-electron chi connectivity index (χ3n) is 2.23. The van der Waals surface area contributed by atoms with Gasteiger partial charge in [0, 0.05) is 5.92 Å². The zero-order valence-electron chi connectivity index (χ0n) is 9.20. The summed E-state index contributed by atoms with van der Waals surface area (Å²) in [4.78, 5) is 21.3. The van der Waals surface area contributed by atoms with Crippen LogP contribution in [0.2, 0.25) is 0 Å². The molecular formula is C12H14O5. The molecule has 0 saturated carbocycles. The Labute approximate surface area is 98.6 Å². The first-order valence-electron chi connectivity index (χ1n) is 5.16. The Bertz CT molecular complexity index is 374. The molecule has 0 bridgehead atoms. The van der Waals surface area contributed by atoms with Gasteiger partial charge in [-0.2, -0.15) is 0 Å². The number of carbonyl (C=O) groups is 2. The largest absolute Gasteiger partial charge is 0.481 e. The lowest BCUT2D eigenvalue weighted by atomic mass is 10.0. The first kappa shape index (κ1) is 13.2. The zero-order chi connectivity index (χ0) is 12.7. The number of benzene rings is 1. The Morgan fingerprint density at radius 3 is 2.41 bits per heavy atom. The van der Waals surface area contributed by atoms with Crippen molar-refractivity contribution in [1.82, 2.24) is 0 Å². The van der Waals surface area contributed by atoms with E-state index in [4.69, 9.17) is 14.9 Å². The fourth-order valence-corrected chi connectivity index (χ4v) is 1.35. The van der Waals surface area contributed by atoms with Gasteiger partial charge in [-0.1, -0.05) is 30.3 Å². The van der Waals surface area contributed by atoms with Gasteiger partial charge in [0.05, 0.1) is 6.61 Å². The molecule has 0 radical (unpaired) electrons. The van der Waals surface area contributed by atoms with Crippen LogP contribution in [0.15, 0.2) is 30.3 Å². The lowest BCUT2D eigenvalue weighted by Gasteiger charge is -2.14. The second-order valence-corrected chi connectivity index (χ2v) is 3.54. The van der Waals surface area contributed by atoms with Gasteiger partial charge in [0.1, 0.15) is 13.0 Å². The number of carboxylic acid groups (broad SMARTS) is 1. The molecular weight excluding hydrogens is 224 g/mol. The van der Waals surface area contributed by atoms with E-state index in [9.17, 15) is 9.59 Å². The highest BCUT2D eigenvalue weighted by Gasteiger charge is 2.14. The number of hydrogen-bond acceptors (Lipinski definition) is 4. The average Bonchev–Trinajstić information content (AvgIpc) is 2.30. The number of carboxylic acids is 1. The molecule has 0 aliphatic rings. The van der Waals surface area contributed by atoms with Gasteiger partial charge in [0.15, 0.2) is 0 Å². The number of aliphatic carboxylic acids is 1. The van der Waals surface area contributed by atoms with Crippen LogP contribution < -0.4 is 0 Å². The van der Waals surface area contributed by atoms with Gasteiger partial charge in [0.2, 0.25) is 0 Å². The van der Waals surface area contributed by atoms with E-state index >= 15 is 0 Å². The van der Waals surface area contributed by atoms with Gasteiger partial charge in [0.25, 0.3) is 0 Å². The van der Waals surface area contributed by atoms with Crippen LogP contribution in [-0.2, 0) is 14.3 Å². The van der Waals surface area contributed by atoms with Crippen LogP contribution in [0.4, 0.5) is 0 Å². The third kappa shape index (κ3) is 4.65. The number of aliphatic hydroxyl groups excluding tert-OH is 1. The fraction of sp³-hybridized carbons (Fsp3) is 0.333. The molecule has 0 aromatic heterocycles. The maximum absolute atomic E-state index is 11.0. The summed E-state index contributed by atoms with van der Waals surface area (Å²) in [6, 6.07) is 9.10. The van der Waals surface area contributed by atoms with Crippen LogP contribution in [0, 0.1) is 0 Å². The smallest absolute Gasteiger partial charge is 0.317 e. The summed E-state index contributed by atoms with van der Waals surface area (Å²) in [6.07, 6.45) is -0.660. The first-order chi connectivity index (χ1) is 8.13. The number of ether oxygens (including phenoxy) is 1. The van der Waals surface area contributed by atoms with Crippen molar-refractivity contribution in [3.8, 4) is 0 Å². The van der Waals surface area contributed by atoms with Crippen molar-refractivity contribution < 1.29 is 24.5 Å². The topological polar surface area (TPSA) is 83.8 Å². The molecule has 0 spiro atoms. The molecule has 92 valence electrons. The molecule has 2 N–H and O–H groups in total. The molecule has 0 aliphatic heterocycles. The Balaban J connectivity index is 2.49. The summed E-state index contributed by atoms with van der Waals surface area (Å²) < 4.78 is 4.78. The van der Waals surface area contributed by atoms with E-state index in [1.165, 1.54) is 0 Å². The number of hydrogen-bond donors (Lipinski definition) is 2. The molecule has 0 aliphatic carbocycles. The summed E-state index contributed by atoms with van der Waals surface area (Å²) >= 11 is 0. The fourth-order valence-electron chi connectivity index (χ4n) is 1.35. The Morgan fingerprint density at radius 1 is 1.24 bits per heavy atom. The SMILES string of the molecule is O=C(O)CC(=O)OCC(CO)c1ccccc1. The minimum atomic E-state index is -1.23. The maximum atomic E-state index is 11.0. The monoisotopic (exact) mass is 238 g/mol. The zero-order valence-corrected chi connectivity index (χ0v) is 9.20. The lowest BCUT2D eigenvalue weighted by molar-refractivity contribution is -0.151. The molecule has 0 fully saturated rings. The summed E-state index contributed by atoms with van der Waals surface area (Å²) in [6.45, 7) is -0.184. The Hall–Kier alpha value is -1.88. The summed E-state index contributed by atoms with van der Waals surface area (Å²) in [5.74, 6) is -2.35. The van der Waals surface area contributed by atoms with Gasteiger partial charge in [-0.15, -0.1) is 0 Å². The van der Waals surface area contributed by atoms with E-state index < -0.39 is 18.4 Å². The van der Waals surface area contributed by atoms with Crippen molar-refractivity contribution in [2.24, 2.45) is 0 Å². The molecule has 1 atom stereocenters. The van der Waals surface area contributed by atoms with Gasteiger partial charge in [-0.25, -0.2) is 0 Å². The van der Waals surface area contributed by atoms with Crippen LogP contribution in [-0.4, -0.2) is 35.4 Å². The molecule has 17 heavy (non-hydrogen) atoms. The lowest BCUT2D eigenvalue weighted by Crippen LogP contribution is -2.17. The second kappa shape index (κ2) is 6.65. The van der Waals surface area contributed by atoms with Crippen LogP contribution >= 0.6 is 0 Å². The van der Waals surface area contributed by atoms with Crippen LogP contribution in [0.3, 0.4) is 0 Å². The van der Waals surface area contributed by atoms with E-state index in [0.29, 0.717) is 0 Å². The molecule has 1 aromatic rings. The summed E-state index contributed by atoms with van der Waals surface area (Å²) in [5.41, 5.74) is 0.845. The molecule has 1 unspecified atom stereocenters. The summed E-state index contributed by atoms with van der Waals surface area (Å²) in [7, 11) is 0. The second-order valence-electron chi connectivity index (χ2n) is 3.54. The van der Waals surface area contributed by atoms with Crippen LogP contribution in [0.5, 0.6) is 0 Å². The predicted molar refractivity (Wildman–Crippen MR) is 59.5 cm³/mol. The van der Waals surface area contributed by atoms with Gasteiger partial charge in [-0.3, -0.25) is 9.59 Å². The highest BCUT2D eigenvalue weighted by atomic mass is 16.5. The predicted octanol–water partition coefficient (Wildman–Crippen LogP) is 0.780. The van der Waals surface area contributed by atoms with E-state index in [2.05, 4.69) is 0 Å². The van der Waals surface area contributed by atoms with Gasteiger partial charge in [-0.05, 0) is 5.56 Å². The molecule has 1 rings (SSSR count). The number of rotatable bonds is 6. The Kier molecular flexibility index (Phi) is 5.16. The molecule has 0 saturated heterocycles. The van der Waals surface area contributed by atoms with E-state index in [-0.39, 0.29) is 19.1 Å². The van der Waals surface area contributed by atoms with E-state index in [1.54, 1.807) is 0 Å². The van der Waals surface area contributed by atoms with Crippen LogP contribution in [0.25, 0.3) is 0 Å². The minimum absolute atomic E-state index is 0.0212. The first-order valence-corrected chi connectivity index (χ1v) is 5.16. The normalized spacial score (nSPS) is 11.8. The maximum Gasteiger partial charge on any atom is 0.317 e. The molecule has 1 aromatic carbocycles. The Morgan fingerprint density at radius 2 is 1.88 bits per heavy atom. The van der Waals surface area contributed by atoms with E-state index in [0.717, 1.165) is 5.56 Å². The number of aliphatic hydroxyl groups is 1. The average molecular weight is 238 g/mol. The van der Waals surface area contributed by atoms with Crippen molar-refractivity contribution in [3.63, 3.8) is 0 Å². The highest BCUT2D eigenvalue weighted by molar-refractivity contribution is 5.90. The van der Waals surface area contributed by atoms with Crippen molar-refractivity contribution in [2.45, 2.75) is 12.3 Å². The molecule has 5 nitrogen and oxygen atoms in total. The number of carbonyl (C=O) groups excluding carboxylic acids is 1. The summed E-state index contributed by atoms with van der Waals surface area (Å²) in [5, 5.41) is 17.5. The van der Waals surface area contributed by atoms with Crippen LogP contribution in [0.1, 0.15) is 17.9 Å². The molecule has 0 amide bonds. The number of esters is 1. The standard InChI is InChI=1S/C12H14O5/c13-7-10(9-4-2-1-3-5-9)8-17-12(16)6-11(14)15/h1-5,10,13H,6-8H2,(H,14,15). The third-order valence-corrected chi connectivity index (χ3v) is 2.23. The van der Waals surface area contributed by atoms with Crippen molar-refractivity contribution in [3.05, 3.63) is 35.9 Å². The van der Waals surface area contributed by atoms with Crippen molar-refractivity contribution in [2.75, 3.05) is 13.2 Å². The van der Waals surface area contributed by atoms with Gasteiger partial charge >= 0.3 is 11.9 Å².